The topological polar surface area (TPSA) is 79.0 Å². The molecule has 3 rings (SSSR count). The minimum atomic E-state index is -3.76. The molecule has 2 aromatic rings. The van der Waals surface area contributed by atoms with Gasteiger partial charge in [-0.15, -0.1) is 0 Å². The maximum Gasteiger partial charge on any atom is 0.261 e. The average molecular weight is 432 g/mol. The molecule has 0 aliphatic carbocycles. The predicted octanol–water partition coefficient (Wildman–Crippen LogP) is 3.05. The highest BCUT2D eigenvalue weighted by atomic mass is 32.2. The summed E-state index contributed by atoms with van der Waals surface area (Å²) in [6.45, 7) is 6.46. The van der Waals surface area contributed by atoms with E-state index in [1.807, 2.05) is 4.90 Å². The van der Waals surface area contributed by atoms with E-state index in [1.54, 1.807) is 36.4 Å². The van der Waals surface area contributed by atoms with E-state index in [2.05, 4.69) is 16.5 Å². The molecular formula is C22H29N3O4S. The Morgan fingerprint density at radius 1 is 1.07 bits per heavy atom. The number of nitrogens with one attached hydrogen (secondary N) is 1. The normalized spacial score (nSPS) is 15.5. The fraction of sp³-hybridized carbons (Fsp3) is 0.409. The molecule has 2 aromatic carbocycles. The SMILES string of the molecule is CCCN1CCCN(C(=O)c2cccc(NS(=O)(=O)c3ccc(OC)cc3)c2)CC1. The number of hydrogen-bond acceptors (Lipinski definition) is 5. The zero-order valence-electron chi connectivity index (χ0n) is 17.5. The largest absolute Gasteiger partial charge is 0.497 e. The number of rotatable bonds is 7. The number of sulfonamides is 1. The Morgan fingerprint density at radius 2 is 1.83 bits per heavy atom. The standard InChI is InChI=1S/C22H29N3O4S/c1-3-12-24-13-5-14-25(16-15-24)22(26)18-6-4-7-19(17-18)23-30(27,28)21-10-8-20(29-2)9-11-21/h4,6-11,17,23H,3,5,12-16H2,1-2H3. The molecule has 1 aliphatic rings. The van der Waals surface area contributed by atoms with Gasteiger partial charge in [0.05, 0.1) is 12.0 Å². The van der Waals surface area contributed by atoms with Crippen LogP contribution >= 0.6 is 0 Å². The number of benzene rings is 2. The van der Waals surface area contributed by atoms with Crippen LogP contribution in [0.15, 0.2) is 53.4 Å². The number of carbonyl (C=O) groups excluding carboxylic acids is 1. The molecule has 1 aliphatic heterocycles. The molecule has 1 fully saturated rings. The first-order valence-corrected chi connectivity index (χ1v) is 11.7. The molecule has 0 unspecified atom stereocenters. The number of anilines is 1. The number of hydrogen-bond donors (Lipinski definition) is 1. The van der Waals surface area contributed by atoms with Gasteiger partial charge in [0.15, 0.2) is 0 Å². The molecule has 0 bridgehead atoms. The number of carbonyl (C=O) groups is 1. The zero-order valence-corrected chi connectivity index (χ0v) is 18.3. The van der Waals surface area contributed by atoms with Crippen LogP contribution in [0.25, 0.3) is 0 Å². The Kier molecular flexibility index (Phi) is 7.33. The lowest BCUT2D eigenvalue weighted by molar-refractivity contribution is 0.0761. The van der Waals surface area contributed by atoms with Gasteiger partial charge in [-0.1, -0.05) is 13.0 Å². The lowest BCUT2D eigenvalue weighted by Gasteiger charge is -2.22. The van der Waals surface area contributed by atoms with Gasteiger partial charge in [-0.2, -0.15) is 0 Å². The molecule has 0 radical (unpaired) electrons. The van der Waals surface area contributed by atoms with Gasteiger partial charge in [-0.25, -0.2) is 8.42 Å². The van der Waals surface area contributed by atoms with Crippen LogP contribution in [0, 0.1) is 0 Å². The first-order valence-electron chi connectivity index (χ1n) is 10.2. The molecule has 1 heterocycles. The fourth-order valence-corrected chi connectivity index (χ4v) is 4.63. The Labute approximate surface area is 178 Å². The van der Waals surface area contributed by atoms with Crippen molar-refractivity contribution in [2.75, 3.05) is 44.6 Å². The molecule has 0 aromatic heterocycles. The van der Waals surface area contributed by atoms with Crippen molar-refractivity contribution >= 4 is 21.6 Å². The zero-order chi connectivity index (χ0) is 21.6. The molecule has 1 amide bonds. The highest BCUT2D eigenvalue weighted by Crippen LogP contribution is 2.20. The van der Waals surface area contributed by atoms with Crippen molar-refractivity contribution in [2.24, 2.45) is 0 Å². The second-order valence-electron chi connectivity index (χ2n) is 7.35. The minimum Gasteiger partial charge on any atom is -0.497 e. The van der Waals surface area contributed by atoms with Crippen LogP contribution in [0.3, 0.4) is 0 Å². The third kappa shape index (κ3) is 5.52. The summed E-state index contributed by atoms with van der Waals surface area (Å²) < 4.78 is 33.0. The van der Waals surface area contributed by atoms with E-state index in [9.17, 15) is 13.2 Å². The van der Waals surface area contributed by atoms with E-state index in [1.165, 1.54) is 19.2 Å². The van der Waals surface area contributed by atoms with Crippen LogP contribution in [-0.4, -0.2) is 64.0 Å². The van der Waals surface area contributed by atoms with Gasteiger partial charge in [0.25, 0.3) is 15.9 Å². The van der Waals surface area contributed by atoms with Crippen molar-refractivity contribution in [3.05, 3.63) is 54.1 Å². The van der Waals surface area contributed by atoms with E-state index >= 15 is 0 Å². The molecule has 0 saturated carbocycles. The summed E-state index contributed by atoms with van der Waals surface area (Å²) in [4.78, 5) is 17.4. The van der Waals surface area contributed by atoms with Gasteiger partial charge >= 0.3 is 0 Å². The number of nitrogens with zero attached hydrogens (tertiary/aromatic N) is 2. The van der Waals surface area contributed by atoms with E-state index < -0.39 is 10.0 Å². The van der Waals surface area contributed by atoms with Crippen molar-refractivity contribution in [2.45, 2.75) is 24.7 Å². The van der Waals surface area contributed by atoms with Crippen LogP contribution in [0.4, 0.5) is 5.69 Å². The Bertz CT molecular complexity index is 961. The smallest absolute Gasteiger partial charge is 0.261 e. The monoisotopic (exact) mass is 431 g/mol. The average Bonchev–Trinajstić information content (AvgIpc) is 2.99. The summed E-state index contributed by atoms with van der Waals surface area (Å²) in [5, 5.41) is 0. The first-order chi connectivity index (χ1) is 14.4. The van der Waals surface area contributed by atoms with Crippen molar-refractivity contribution in [3.63, 3.8) is 0 Å². The van der Waals surface area contributed by atoms with Crippen LogP contribution in [0.1, 0.15) is 30.1 Å². The van der Waals surface area contributed by atoms with Gasteiger partial charge < -0.3 is 14.5 Å². The highest BCUT2D eigenvalue weighted by molar-refractivity contribution is 7.92. The summed E-state index contributed by atoms with van der Waals surface area (Å²) in [7, 11) is -2.24. The molecule has 1 saturated heterocycles. The predicted molar refractivity (Wildman–Crippen MR) is 117 cm³/mol. The van der Waals surface area contributed by atoms with Crippen molar-refractivity contribution < 1.29 is 17.9 Å². The van der Waals surface area contributed by atoms with Crippen LogP contribution in [-0.2, 0) is 10.0 Å². The third-order valence-electron chi connectivity index (χ3n) is 5.15. The molecule has 30 heavy (non-hydrogen) atoms. The molecule has 162 valence electrons. The molecular weight excluding hydrogens is 402 g/mol. The maximum atomic E-state index is 13.0. The molecule has 0 spiro atoms. The van der Waals surface area contributed by atoms with Crippen LogP contribution in [0.5, 0.6) is 5.75 Å². The molecule has 0 atom stereocenters. The number of ether oxygens (including phenoxy) is 1. The van der Waals surface area contributed by atoms with Gasteiger partial charge in [-0.05, 0) is 68.4 Å². The number of methoxy groups -OCH3 is 1. The van der Waals surface area contributed by atoms with Gasteiger partial charge in [0.1, 0.15) is 5.75 Å². The summed E-state index contributed by atoms with van der Waals surface area (Å²) in [5.74, 6) is 0.510. The van der Waals surface area contributed by atoms with Gasteiger partial charge in [-0.3, -0.25) is 9.52 Å². The molecule has 8 heteroatoms. The van der Waals surface area contributed by atoms with E-state index in [0.717, 1.165) is 32.5 Å². The fourth-order valence-electron chi connectivity index (χ4n) is 3.58. The van der Waals surface area contributed by atoms with E-state index in [0.29, 0.717) is 30.1 Å². The Morgan fingerprint density at radius 3 is 2.53 bits per heavy atom. The Hall–Kier alpha value is -2.58. The first kappa shape index (κ1) is 22.1. The van der Waals surface area contributed by atoms with Crippen molar-refractivity contribution in [3.8, 4) is 5.75 Å². The second kappa shape index (κ2) is 9.95. The van der Waals surface area contributed by atoms with Crippen LogP contribution < -0.4 is 9.46 Å². The van der Waals surface area contributed by atoms with E-state index in [-0.39, 0.29) is 10.8 Å². The quantitative estimate of drug-likeness (QED) is 0.729. The molecule has 7 nitrogen and oxygen atoms in total. The van der Waals surface area contributed by atoms with Crippen molar-refractivity contribution in [1.82, 2.24) is 9.80 Å². The Balaban J connectivity index is 1.71. The van der Waals surface area contributed by atoms with Gasteiger partial charge in [0, 0.05) is 30.9 Å². The van der Waals surface area contributed by atoms with Crippen molar-refractivity contribution in [1.29, 1.82) is 0 Å². The number of amides is 1. The third-order valence-corrected chi connectivity index (χ3v) is 6.54. The lowest BCUT2D eigenvalue weighted by Crippen LogP contribution is -2.35. The summed E-state index contributed by atoms with van der Waals surface area (Å²) in [5.41, 5.74) is 0.841. The second-order valence-corrected chi connectivity index (χ2v) is 9.03. The van der Waals surface area contributed by atoms with E-state index in [4.69, 9.17) is 4.74 Å². The van der Waals surface area contributed by atoms with Crippen LogP contribution in [0.2, 0.25) is 0 Å². The molecule has 1 N–H and O–H groups in total. The highest BCUT2D eigenvalue weighted by Gasteiger charge is 2.21. The summed E-state index contributed by atoms with van der Waals surface area (Å²) >= 11 is 0. The van der Waals surface area contributed by atoms with Gasteiger partial charge in [0.2, 0.25) is 0 Å². The maximum absolute atomic E-state index is 13.0. The summed E-state index contributed by atoms with van der Waals surface area (Å²) in [6, 6.07) is 12.8. The summed E-state index contributed by atoms with van der Waals surface area (Å²) in [6.07, 6.45) is 2.04. The lowest BCUT2D eigenvalue weighted by atomic mass is 10.1. The minimum absolute atomic E-state index is 0.0705.